The monoisotopic (exact) mass is 732 g/mol. The molecule has 0 spiro atoms. The molecule has 0 unspecified atom stereocenters. The fourth-order valence-corrected chi connectivity index (χ4v) is 7.01. The van der Waals surface area contributed by atoms with E-state index in [2.05, 4.69) is 39.4 Å². The average molecular weight is 733 g/mol. The molecular formula is C42H42F2N6O4. The van der Waals surface area contributed by atoms with Gasteiger partial charge in [0.05, 0.1) is 25.6 Å². The van der Waals surface area contributed by atoms with Crippen LogP contribution in [-0.2, 0) is 0 Å². The molecule has 2 aliphatic heterocycles. The second-order valence-corrected chi connectivity index (χ2v) is 13.7. The number of halogens is 2. The molecule has 278 valence electrons. The predicted molar refractivity (Wildman–Crippen MR) is 206 cm³/mol. The molecule has 0 atom stereocenters. The van der Waals surface area contributed by atoms with Gasteiger partial charge in [0, 0.05) is 49.1 Å². The Morgan fingerprint density at radius 2 is 1.41 bits per heavy atom. The molecule has 6 aromatic rings. The van der Waals surface area contributed by atoms with E-state index >= 15 is 0 Å². The van der Waals surface area contributed by atoms with Crippen LogP contribution >= 0.6 is 0 Å². The van der Waals surface area contributed by atoms with Gasteiger partial charge < -0.3 is 19.7 Å². The van der Waals surface area contributed by atoms with Crippen LogP contribution in [0.4, 0.5) is 8.78 Å². The minimum atomic E-state index is -0.483. The molecule has 12 heteroatoms. The molecular weight excluding hydrogens is 690 g/mol. The second-order valence-electron chi connectivity index (χ2n) is 13.7. The first-order valence-corrected chi connectivity index (χ1v) is 18.0. The largest absolute Gasteiger partial charge is 0.494 e. The van der Waals surface area contributed by atoms with Gasteiger partial charge >= 0.3 is 0 Å². The number of hydrogen-bond acceptors (Lipinski definition) is 8. The molecule has 0 bridgehead atoms. The number of fused-ring (bicyclic) bond motifs is 2. The Kier molecular flexibility index (Phi) is 10.7. The van der Waals surface area contributed by atoms with Crippen molar-refractivity contribution in [3.63, 3.8) is 0 Å². The number of aryl methyl sites for hydroxylation is 1. The normalized spacial score (nSPS) is 15.1. The van der Waals surface area contributed by atoms with Crippen molar-refractivity contribution < 1.29 is 18.3 Å². The summed E-state index contributed by atoms with van der Waals surface area (Å²) in [5.41, 5.74) is 7.37. The van der Waals surface area contributed by atoms with Gasteiger partial charge in [-0.05, 0) is 123 Å². The lowest BCUT2D eigenvalue weighted by Crippen LogP contribution is -2.28. The maximum absolute atomic E-state index is 14.1. The molecule has 0 aliphatic carbocycles. The van der Waals surface area contributed by atoms with Crippen LogP contribution in [0.5, 0.6) is 11.5 Å². The molecule has 1 fully saturated rings. The van der Waals surface area contributed by atoms with Crippen LogP contribution in [0.15, 0.2) is 94.8 Å². The highest BCUT2D eigenvalue weighted by atomic mass is 19.1. The molecule has 0 radical (unpaired) electrons. The summed E-state index contributed by atoms with van der Waals surface area (Å²) in [4.78, 5) is 37.0. The summed E-state index contributed by atoms with van der Waals surface area (Å²) in [6, 6.07) is 18.1. The van der Waals surface area contributed by atoms with E-state index in [-0.39, 0.29) is 22.6 Å². The number of ether oxygens (including phenoxy) is 2. The smallest absolute Gasteiger partial charge is 0.258 e. The zero-order valence-electron chi connectivity index (χ0n) is 30.7. The molecule has 6 heterocycles. The van der Waals surface area contributed by atoms with E-state index < -0.39 is 11.6 Å². The van der Waals surface area contributed by atoms with E-state index in [0.29, 0.717) is 34.0 Å². The van der Waals surface area contributed by atoms with Gasteiger partial charge in [0.2, 0.25) is 0 Å². The van der Waals surface area contributed by atoms with Crippen LogP contribution in [0.3, 0.4) is 0 Å². The fourth-order valence-electron chi connectivity index (χ4n) is 7.01. The first-order valence-electron chi connectivity index (χ1n) is 18.0. The van der Waals surface area contributed by atoms with Gasteiger partial charge in [-0.25, -0.2) is 18.7 Å². The zero-order chi connectivity index (χ0) is 37.9. The first-order chi connectivity index (χ1) is 26.1. The Morgan fingerprint density at radius 3 is 2.07 bits per heavy atom. The van der Waals surface area contributed by atoms with Crippen molar-refractivity contribution in [2.24, 2.45) is 0 Å². The molecule has 54 heavy (non-hydrogen) atoms. The number of rotatable bonds is 6. The van der Waals surface area contributed by atoms with Gasteiger partial charge in [-0.2, -0.15) is 0 Å². The molecule has 8 rings (SSSR count). The number of benzene rings is 2. The summed E-state index contributed by atoms with van der Waals surface area (Å²) in [6.07, 6.45) is 8.70. The average Bonchev–Trinajstić information content (AvgIpc) is 3.18. The number of likely N-dealkylation sites (N-methyl/N-ethyl adjacent to an activating group) is 1. The summed E-state index contributed by atoms with van der Waals surface area (Å²) in [6.45, 7) is 5.75. The molecule has 1 N–H and O–H groups in total. The maximum atomic E-state index is 14.1. The molecule has 2 aromatic carbocycles. The van der Waals surface area contributed by atoms with Gasteiger partial charge in [-0.1, -0.05) is 12.1 Å². The van der Waals surface area contributed by atoms with Crippen LogP contribution in [0.2, 0.25) is 0 Å². The van der Waals surface area contributed by atoms with E-state index in [1.807, 2.05) is 25.3 Å². The van der Waals surface area contributed by atoms with E-state index in [4.69, 9.17) is 9.47 Å². The number of aromatic nitrogens is 4. The lowest BCUT2D eigenvalue weighted by atomic mass is 9.94. The molecule has 2 aliphatic rings. The maximum Gasteiger partial charge on any atom is 0.258 e. The Hall–Kier alpha value is -5.72. The van der Waals surface area contributed by atoms with Crippen molar-refractivity contribution in [1.82, 2.24) is 29.0 Å². The molecule has 0 saturated carbocycles. The molecule has 1 saturated heterocycles. The fraction of sp³-hybridized carbons (Fsp3) is 0.286. The Morgan fingerprint density at radius 1 is 0.759 bits per heavy atom. The van der Waals surface area contributed by atoms with Crippen molar-refractivity contribution in [2.75, 3.05) is 47.4 Å². The van der Waals surface area contributed by atoms with Crippen LogP contribution in [-0.4, -0.2) is 71.1 Å². The number of methoxy groups -OCH3 is 2. The minimum absolute atomic E-state index is 0.112. The van der Waals surface area contributed by atoms with Crippen LogP contribution < -0.4 is 25.9 Å². The van der Waals surface area contributed by atoms with Crippen molar-refractivity contribution in [3.05, 3.63) is 134 Å². The third-order valence-electron chi connectivity index (χ3n) is 10.1. The van der Waals surface area contributed by atoms with E-state index in [0.717, 1.165) is 67.8 Å². The highest BCUT2D eigenvalue weighted by Gasteiger charge is 2.19. The summed E-state index contributed by atoms with van der Waals surface area (Å²) >= 11 is 0. The molecule has 4 aromatic heterocycles. The molecule has 0 amide bonds. The van der Waals surface area contributed by atoms with Crippen molar-refractivity contribution >= 4 is 16.9 Å². The number of piperidine rings is 1. The number of hydrogen-bond donors (Lipinski definition) is 1. The van der Waals surface area contributed by atoms with Gasteiger partial charge in [0.25, 0.3) is 11.1 Å². The topological polar surface area (TPSA) is 102 Å². The van der Waals surface area contributed by atoms with Crippen LogP contribution in [0.25, 0.3) is 39.3 Å². The Labute approximate surface area is 311 Å². The Bertz CT molecular complexity index is 2510. The van der Waals surface area contributed by atoms with E-state index in [9.17, 15) is 18.4 Å². The van der Waals surface area contributed by atoms with Gasteiger partial charge in [0.1, 0.15) is 11.3 Å². The lowest BCUT2D eigenvalue weighted by molar-refractivity contribution is 0.370. The lowest BCUT2D eigenvalue weighted by Gasteiger charge is -2.22. The third kappa shape index (κ3) is 7.66. The first kappa shape index (κ1) is 36.6. The van der Waals surface area contributed by atoms with E-state index in [1.165, 1.54) is 48.5 Å². The quantitative estimate of drug-likeness (QED) is 0.207. The van der Waals surface area contributed by atoms with Gasteiger partial charge in [0.15, 0.2) is 23.1 Å². The predicted octanol–water partition coefficient (Wildman–Crippen LogP) is 6.51. The highest BCUT2D eigenvalue weighted by molar-refractivity contribution is 5.70. The SMILES string of the molecule is COc1ccc(-c2cc(=O)n3cc(C4=CCN(C)CC4)cc(C)c3n2)cc1F.COc1ccc(-c2ccc3nc(C4CCNCC4)cc(=O)n3c2)cc1F. The highest BCUT2D eigenvalue weighted by Crippen LogP contribution is 2.28. The van der Waals surface area contributed by atoms with Crippen LogP contribution in [0.1, 0.15) is 42.0 Å². The van der Waals surface area contributed by atoms with Crippen molar-refractivity contribution in [1.29, 1.82) is 0 Å². The zero-order valence-corrected chi connectivity index (χ0v) is 30.7. The van der Waals surface area contributed by atoms with Gasteiger partial charge in [-0.15, -0.1) is 0 Å². The summed E-state index contributed by atoms with van der Waals surface area (Å²) < 4.78 is 41.0. The van der Waals surface area contributed by atoms with Crippen molar-refractivity contribution in [2.45, 2.75) is 32.1 Å². The third-order valence-corrected chi connectivity index (χ3v) is 10.1. The van der Waals surface area contributed by atoms with Crippen molar-refractivity contribution in [3.8, 4) is 33.9 Å². The molecule has 10 nitrogen and oxygen atoms in total. The Balaban J connectivity index is 0.000000167. The summed E-state index contributed by atoms with van der Waals surface area (Å²) in [5.74, 6) is -0.238. The standard InChI is InChI=1S/C22H22FN3O2.C20H20FN3O2/c1-14-10-17(15-6-8-25(2)9-7-15)13-26-21(27)12-19(24-22(14)26)16-4-5-20(28-3)18(23)11-16;1-26-18-4-2-14(10-16(18)21)15-3-5-19-23-17(11-20(25)24(19)12-15)13-6-8-22-9-7-13/h4-6,10-13H,7-9H2,1-3H3;2-5,10-13,22H,6-9H2,1H3. The second kappa shape index (κ2) is 15.7. The van der Waals surface area contributed by atoms with E-state index in [1.54, 1.807) is 34.9 Å². The number of pyridine rings is 2. The number of nitrogens with one attached hydrogen (secondary N) is 1. The number of nitrogens with zero attached hydrogens (tertiary/aromatic N) is 5. The van der Waals surface area contributed by atoms with Gasteiger partial charge in [-0.3, -0.25) is 18.4 Å². The summed E-state index contributed by atoms with van der Waals surface area (Å²) in [7, 11) is 4.94. The minimum Gasteiger partial charge on any atom is -0.494 e. The summed E-state index contributed by atoms with van der Waals surface area (Å²) in [5, 5.41) is 3.32. The van der Waals surface area contributed by atoms with Crippen LogP contribution in [0, 0.1) is 18.6 Å².